The standard InChI is InChI=1S/C11H11NO3/c1-2-15-11(14)10(13)9-5-3-8(7-12)4-6-9/h3-6,10,13H,2H2,1H3. The van der Waals surface area contributed by atoms with Gasteiger partial charge in [-0.2, -0.15) is 5.26 Å². The number of esters is 1. The largest absolute Gasteiger partial charge is 0.464 e. The highest BCUT2D eigenvalue weighted by Crippen LogP contribution is 2.14. The molecule has 0 amide bonds. The topological polar surface area (TPSA) is 70.3 Å². The number of nitriles is 1. The van der Waals surface area contributed by atoms with Gasteiger partial charge in [0.2, 0.25) is 0 Å². The first-order valence-corrected chi connectivity index (χ1v) is 4.53. The maximum absolute atomic E-state index is 11.2. The number of carbonyl (C=O) groups excluding carboxylic acids is 1. The second kappa shape index (κ2) is 5.13. The van der Waals surface area contributed by atoms with E-state index in [1.165, 1.54) is 24.3 Å². The van der Waals surface area contributed by atoms with Gasteiger partial charge in [-0.15, -0.1) is 0 Å². The van der Waals surface area contributed by atoms with Crippen LogP contribution in [-0.4, -0.2) is 17.7 Å². The van der Waals surface area contributed by atoms with Crippen LogP contribution in [-0.2, 0) is 9.53 Å². The Morgan fingerprint density at radius 2 is 2.13 bits per heavy atom. The van der Waals surface area contributed by atoms with Crippen LogP contribution in [0.2, 0.25) is 0 Å². The van der Waals surface area contributed by atoms with Crippen molar-refractivity contribution in [2.75, 3.05) is 6.61 Å². The second-order valence-electron chi connectivity index (χ2n) is 2.89. The third-order valence-corrected chi connectivity index (χ3v) is 1.87. The lowest BCUT2D eigenvalue weighted by Gasteiger charge is -2.09. The molecule has 0 heterocycles. The first-order chi connectivity index (χ1) is 7.19. The minimum Gasteiger partial charge on any atom is -0.464 e. The molecule has 78 valence electrons. The normalized spacial score (nSPS) is 11.5. The van der Waals surface area contributed by atoms with Crippen molar-refractivity contribution in [3.8, 4) is 6.07 Å². The van der Waals surface area contributed by atoms with Gasteiger partial charge in [-0.25, -0.2) is 4.79 Å². The van der Waals surface area contributed by atoms with Crippen molar-refractivity contribution in [1.29, 1.82) is 5.26 Å². The summed E-state index contributed by atoms with van der Waals surface area (Å²) in [7, 11) is 0. The zero-order chi connectivity index (χ0) is 11.3. The zero-order valence-corrected chi connectivity index (χ0v) is 8.30. The summed E-state index contributed by atoms with van der Waals surface area (Å²) >= 11 is 0. The van der Waals surface area contributed by atoms with Gasteiger partial charge >= 0.3 is 5.97 Å². The van der Waals surface area contributed by atoms with Crippen LogP contribution in [0.25, 0.3) is 0 Å². The molecule has 4 heteroatoms. The Labute approximate surface area is 87.7 Å². The molecule has 1 aromatic carbocycles. The number of benzene rings is 1. The Bertz CT molecular complexity index is 378. The van der Waals surface area contributed by atoms with Gasteiger partial charge in [-0.05, 0) is 24.6 Å². The molecule has 0 bridgehead atoms. The summed E-state index contributed by atoms with van der Waals surface area (Å²) < 4.78 is 4.66. The first kappa shape index (κ1) is 11.2. The van der Waals surface area contributed by atoms with Crippen molar-refractivity contribution < 1.29 is 14.6 Å². The molecular weight excluding hydrogens is 194 g/mol. The molecule has 1 N–H and O–H groups in total. The molecule has 0 aromatic heterocycles. The number of rotatable bonds is 3. The molecule has 0 aliphatic rings. The Kier molecular flexibility index (Phi) is 3.83. The molecule has 1 atom stereocenters. The maximum Gasteiger partial charge on any atom is 0.339 e. The molecule has 0 aliphatic carbocycles. The second-order valence-corrected chi connectivity index (χ2v) is 2.89. The monoisotopic (exact) mass is 205 g/mol. The SMILES string of the molecule is CCOC(=O)C(O)c1ccc(C#N)cc1. The van der Waals surface area contributed by atoms with Crippen LogP contribution < -0.4 is 0 Å². The van der Waals surface area contributed by atoms with Crippen LogP contribution in [0.15, 0.2) is 24.3 Å². The minimum atomic E-state index is -1.28. The summed E-state index contributed by atoms with van der Waals surface area (Å²) in [5.74, 6) is -0.679. The van der Waals surface area contributed by atoms with Gasteiger partial charge in [0.05, 0.1) is 18.2 Å². The molecule has 0 aliphatic heterocycles. The van der Waals surface area contributed by atoms with Crippen molar-refractivity contribution >= 4 is 5.97 Å². The van der Waals surface area contributed by atoms with E-state index in [2.05, 4.69) is 4.74 Å². The predicted octanol–water partition coefficient (Wildman–Crippen LogP) is 1.15. The summed E-state index contributed by atoms with van der Waals surface area (Å²) in [6.07, 6.45) is -1.28. The van der Waals surface area contributed by atoms with Gasteiger partial charge in [-0.3, -0.25) is 0 Å². The van der Waals surface area contributed by atoms with E-state index in [-0.39, 0.29) is 6.61 Å². The van der Waals surface area contributed by atoms with Crippen LogP contribution in [0.3, 0.4) is 0 Å². The van der Waals surface area contributed by atoms with Gasteiger partial charge in [0, 0.05) is 0 Å². The van der Waals surface area contributed by atoms with Crippen molar-refractivity contribution in [3.63, 3.8) is 0 Å². The molecule has 0 fully saturated rings. The number of nitrogens with zero attached hydrogens (tertiary/aromatic N) is 1. The smallest absolute Gasteiger partial charge is 0.339 e. The number of aliphatic hydroxyl groups excluding tert-OH is 1. The Hall–Kier alpha value is -1.86. The number of hydrogen-bond acceptors (Lipinski definition) is 4. The maximum atomic E-state index is 11.2. The fraction of sp³-hybridized carbons (Fsp3) is 0.273. The number of aliphatic hydroxyl groups is 1. The van der Waals surface area contributed by atoms with E-state index < -0.39 is 12.1 Å². The molecule has 0 saturated heterocycles. The van der Waals surface area contributed by atoms with Gasteiger partial charge < -0.3 is 9.84 Å². The lowest BCUT2D eigenvalue weighted by atomic mass is 10.1. The molecule has 1 rings (SSSR count). The van der Waals surface area contributed by atoms with Crippen molar-refractivity contribution in [1.82, 2.24) is 0 Å². The van der Waals surface area contributed by atoms with Gasteiger partial charge in [0.1, 0.15) is 0 Å². The molecular formula is C11H11NO3. The van der Waals surface area contributed by atoms with Gasteiger partial charge in [-0.1, -0.05) is 12.1 Å². The van der Waals surface area contributed by atoms with E-state index >= 15 is 0 Å². The first-order valence-electron chi connectivity index (χ1n) is 4.53. The minimum absolute atomic E-state index is 0.228. The van der Waals surface area contributed by atoms with Crippen molar-refractivity contribution in [2.24, 2.45) is 0 Å². The highest BCUT2D eigenvalue weighted by atomic mass is 16.5. The third-order valence-electron chi connectivity index (χ3n) is 1.87. The molecule has 0 saturated carbocycles. The predicted molar refractivity (Wildman–Crippen MR) is 52.7 cm³/mol. The van der Waals surface area contributed by atoms with E-state index in [9.17, 15) is 9.90 Å². The Morgan fingerprint density at radius 1 is 1.53 bits per heavy atom. The molecule has 1 unspecified atom stereocenters. The number of ether oxygens (including phenoxy) is 1. The van der Waals surface area contributed by atoms with Crippen LogP contribution in [0.4, 0.5) is 0 Å². The molecule has 15 heavy (non-hydrogen) atoms. The molecule has 0 radical (unpaired) electrons. The third kappa shape index (κ3) is 2.79. The fourth-order valence-electron chi connectivity index (χ4n) is 1.10. The van der Waals surface area contributed by atoms with Crippen LogP contribution in [0, 0.1) is 11.3 Å². The van der Waals surface area contributed by atoms with Crippen LogP contribution >= 0.6 is 0 Å². The molecule has 1 aromatic rings. The zero-order valence-electron chi connectivity index (χ0n) is 8.30. The molecule has 0 spiro atoms. The van der Waals surface area contributed by atoms with Gasteiger partial charge in [0.25, 0.3) is 0 Å². The Morgan fingerprint density at radius 3 is 2.60 bits per heavy atom. The fourth-order valence-corrected chi connectivity index (χ4v) is 1.10. The number of carbonyl (C=O) groups is 1. The van der Waals surface area contributed by atoms with E-state index in [0.29, 0.717) is 11.1 Å². The van der Waals surface area contributed by atoms with Crippen LogP contribution in [0.1, 0.15) is 24.2 Å². The lowest BCUT2D eigenvalue weighted by Crippen LogP contribution is -2.15. The van der Waals surface area contributed by atoms with E-state index in [0.717, 1.165) is 0 Å². The lowest BCUT2D eigenvalue weighted by molar-refractivity contribution is -0.153. The van der Waals surface area contributed by atoms with Crippen molar-refractivity contribution in [2.45, 2.75) is 13.0 Å². The molecule has 4 nitrogen and oxygen atoms in total. The quantitative estimate of drug-likeness (QED) is 0.751. The average molecular weight is 205 g/mol. The van der Waals surface area contributed by atoms with E-state index in [1.54, 1.807) is 6.92 Å². The summed E-state index contributed by atoms with van der Waals surface area (Å²) in [5.41, 5.74) is 0.905. The highest BCUT2D eigenvalue weighted by Gasteiger charge is 2.17. The average Bonchev–Trinajstić information content (AvgIpc) is 2.28. The van der Waals surface area contributed by atoms with Crippen molar-refractivity contribution in [3.05, 3.63) is 35.4 Å². The summed E-state index contributed by atoms with van der Waals surface area (Å²) in [5, 5.41) is 18.1. The number of hydrogen-bond donors (Lipinski definition) is 1. The summed E-state index contributed by atoms with van der Waals surface area (Å²) in [6.45, 7) is 1.90. The summed E-state index contributed by atoms with van der Waals surface area (Å²) in [6, 6.07) is 8.08. The van der Waals surface area contributed by atoms with Gasteiger partial charge in [0.15, 0.2) is 6.10 Å². The summed E-state index contributed by atoms with van der Waals surface area (Å²) in [4.78, 5) is 11.2. The Balaban J connectivity index is 2.79. The van der Waals surface area contributed by atoms with Crippen LogP contribution in [0.5, 0.6) is 0 Å². The van der Waals surface area contributed by atoms with E-state index in [1.807, 2.05) is 6.07 Å². The van der Waals surface area contributed by atoms with E-state index in [4.69, 9.17) is 5.26 Å². The highest BCUT2D eigenvalue weighted by molar-refractivity contribution is 5.76.